The molecule has 28 heavy (non-hydrogen) atoms. The molecule has 0 atom stereocenters. The van der Waals surface area contributed by atoms with Crippen LogP contribution >= 0.6 is 22.9 Å². The molecule has 1 aliphatic rings. The molecule has 3 heterocycles. The average Bonchev–Trinajstić information content (AvgIpc) is 3.37. The van der Waals surface area contributed by atoms with Crippen molar-refractivity contribution in [2.75, 3.05) is 31.1 Å². The van der Waals surface area contributed by atoms with E-state index in [2.05, 4.69) is 10.1 Å². The molecule has 3 aromatic rings. The highest BCUT2D eigenvalue weighted by Gasteiger charge is 2.30. The third kappa shape index (κ3) is 3.82. The summed E-state index contributed by atoms with van der Waals surface area (Å²) in [5, 5.41) is 6.45. The van der Waals surface area contributed by atoms with Gasteiger partial charge in [-0.1, -0.05) is 29.7 Å². The number of aromatic nitrogens is 1. The molecule has 0 saturated carbocycles. The monoisotopic (exact) mass is 437 g/mol. The van der Waals surface area contributed by atoms with E-state index in [0.29, 0.717) is 41.2 Å². The zero-order chi connectivity index (χ0) is 19.7. The fourth-order valence-corrected chi connectivity index (χ4v) is 6.11. The second kappa shape index (κ2) is 7.87. The molecule has 0 spiro atoms. The van der Waals surface area contributed by atoms with E-state index in [1.165, 1.54) is 11.3 Å². The van der Waals surface area contributed by atoms with Crippen molar-refractivity contribution in [3.05, 3.63) is 52.5 Å². The topological polar surface area (TPSA) is 66.7 Å². The lowest BCUT2D eigenvalue weighted by molar-refractivity contribution is 0.386. The largest absolute Gasteiger partial charge is 0.369 e. The number of hydrogen-bond donors (Lipinski definition) is 0. The van der Waals surface area contributed by atoms with E-state index in [9.17, 15) is 8.42 Å². The van der Waals surface area contributed by atoms with E-state index in [0.717, 1.165) is 23.4 Å². The van der Waals surface area contributed by atoms with Crippen LogP contribution in [0.15, 0.2) is 50.5 Å². The molecular formula is C19H20ClN3O3S2. The van der Waals surface area contributed by atoms with E-state index in [1.807, 2.05) is 37.3 Å². The molecule has 0 N–H and O–H groups in total. The molecule has 0 bridgehead atoms. The van der Waals surface area contributed by atoms with Crippen molar-refractivity contribution >= 4 is 38.6 Å². The van der Waals surface area contributed by atoms with E-state index in [-0.39, 0.29) is 0 Å². The summed E-state index contributed by atoms with van der Waals surface area (Å²) in [6.45, 7) is 4.11. The normalized spacial score (nSPS) is 15.9. The molecule has 1 aromatic carbocycles. The Labute approximate surface area is 173 Å². The first-order valence-corrected chi connectivity index (χ1v) is 11.7. The van der Waals surface area contributed by atoms with Gasteiger partial charge in [0.15, 0.2) is 5.76 Å². The second-order valence-corrected chi connectivity index (χ2v) is 10.1. The van der Waals surface area contributed by atoms with Crippen LogP contribution in [0.2, 0.25) is 5.02 Å². The van der Waals surface area contributed by atoms with Gasteiger partial charge >= 0.3 is 0 Å². The maximum atomic E-state index is 13.0. The van der Waals surface area contributed by atoms with Crippen LogP contribution in [0.4, 0.5) is 5.69 Å². The van der Waals surface area contributed by atoms with Gasteiger partial charge in [-0.3, -0.25) is 0 Å². The van der Waals surface area contributed by atoms with Crippen molar-refractivity contribution in [1.82, 2.24) is 9.46 Å². The Kier molecular flexibility index (Phi) is 5.46. The number of rotatable bonds is 5. The molecule has 2 aromatic heterocycles. The van der Waals surface area contributed by atoms with Crippen LogP contribution in [0.5, 0.6) is 0 Å². The number of anilines is 1. The maximum Gasteiger partial charge on any atom is 0.252 e. The molecule has 1 saturated heterocycles. The fraction of sp³-hybridized carbons (Fsp3) is 0.316. The smallest absolute Gasteiger partial charge is 0.252 e. The molecular weight excluding hydrogens is 418 g/mol. The molecule has 0 radical (unpaired) electrons. The van der Waals surface area contributed by atoms with E-state index >= 15 is 0 Å². The highest BCUT2D eigenvalue weighted by Crippen LogP contribution is 2.31. The first kappa shape index (κ1) is 19.4. The van der Waals surface area contributed by atoms with E-state index in [4.69, 9.17) is 16.1 Å². The molecule has 0 aliphatic carbocycles. The summed E-state index contributed by atoms with van der Waals surface area (Å²) in [5.41, 5.74) is 2.61. The summed E-state index contributed by atoms with van der Waals surface area (Å²) in [4.78, 5) is 2.15. The number of aryl methyl sites for hydroxylation is 1. The van der Waals surface area contributed by atoms with Crippen molar-refractivity contribution in [3.8, 4) is 11.3 Å². The lowest BCUT2D eigenvalue weighted by Crippen LogP contribution is -2.48. The van der Waals surface area contributed by atoms with Gasteiger partial charge in [-0.25, -0.2) is 8.42 Å². The molecule has 9 heteroatoms. The van der Waals surface area contributed by atoms with Gasteiger partial charge in [0.2, 0.25) is 0 Å². The summed E-state index contributed by atoms with van der Waals surface area (Å²) >= 11 is 7.28. The Morgan fingerprint density at radius 1 is 1.18 bits per heavy atom. The van der Waals surface area contributed by atoms with Crippen LogP contribution in [0.3, 0.4) is 0 Å². The predicted octanol–water partition coefficient (Wildman–Crippen LogP) is 4.13. The van der Waals surface area contributed by atoms with E-state index in [1.54, 1.807) is 15.8 Å². The molecule has 0 unspecified atom stereocenters. The molecule has 6 nitrogen and oxygen atoms in total. The Morgan fingerprint density at radius 3 is 2.64 bits per heavy atom. The zero-order valence-electron chi connectivity index (χ0n) is 15.3. The van der Waals surface area contributed by atoms with Gasteiger partial charge in [0, 0.05) is 53.9 Å². The van der Waals surface area contributed by atoms with Crippen molar-refractivity contribution < 1.29 is 12.9 Å². The summed E-state index contributed by atoms with van der Waals surface area (Å²) in [6, 6.07) is 11.1. The second-order valence-electron chi connectivity index (χ2n) is 6.56. The van der Waals surface area contributed by atoms with Crippen molar-refractivity contribution in [3.63, 3.8) is 0 Å². The molecule has 4 rings (SSSR count). The lowest BCUT2D eigenvalue weighted by Gasteiger charge is -2.35. The Morgan fingerprint density at radius 2 is 1.96 bits per heavy atom. The van der Waals surface area contributed by atoms with Crippen LogP contribution in [0.1, 0.15) is 12.6 Å². The Bertz CT molecular complexity index is 1070. The zero-order valence-corrected chi connectivity index (χ0v) is 17.7. The van der Waals surface area contributed by atoms with Gasteiger partial charge in [0.25, 0.3) is 10.0 Å². The van der Waals surface area contributed by atoms with Crippen molar-refractivity contribution in [1.29, 1.82) is 0 Å². The van der Waals surface area contributed by atoms with Gasteiger partial charge in [-0.15, -0.1) is 11.3 Å². The number of hydrogen-bond acceptors (Lipinski definition) is 6. The van der Waals surface area contributed by atoms with Crippen LogP contribution in [-0.2, 0) is 16.4 Å². The van der Waals surface area contributed by atoms with Gasteiger partial charge in [-0.2, -0.15) is 4.31 Å². The number of halogens is 1. The third-order valence-electron chi connectivity index (χ3n) is 4.79. The standard InChI is InChI=1S/C19H20ClN3O3S2/c1-2-16-12-18(26-21-16)14-10-19(27-13-14)28(24,25)23-8-6-22(7-9-23)17-5-3-4-15(20)11-17/h3-5,10-13H,2,6-9H2,1H3. The maximum absolute atomic E-state index is 13.0. The molecule has 1 aliphatic heterocycles. The molecule has 148 valence electrons. The highest BCUT2D eigenvalue weighted by atomic mass is 35.5. The summed E-state index contributed by atoms with van der Waals surface area (Å²) < 4.78 is 33.3. The van der Waals surface area contributed by atoms with Crippen LogP contribution < -0.4 is 4.90 Å². The molecule has 0 amide bonds. The van der Waals surface area contributed by atoms with Crippen LogP contribution in [0.25, 0.3) is 11.3 Å². The van der Waals surface area contributed by atoms with Gasteiger partial charge in [-0.05, 0) is 30.7 Å². The first-order chi connectivity index (χ1) is 13.5. The van der Waals surface area contributed by atoms with Crippen molar-refractivity contribution in [2.24, 2.45) is 0 Å². The van der Waals surface area contributed by atoms with Gasteiger partial charge in [0.1, 0.15) is 4.21 Å². The SMILES string of the molecule is CCc1cc(-c2csc(S(=O)(=O)N3CCN(c4cccc(Cl)c4)CC3)c2)on1. The fourth-order valence-electron chi connectivity index (χ4n) is 3.18. The summed E-state index contributed by atoms with van der Waals surface area (Å²) in [5.74, 6) is 0.598. The number of piperazine rings is 1. The third-order valence-corrected chi connectivity index (χ3v) is 8.34. The quantitative estimate of drug-likeness (QED) is 0.600. The van der Waals surface area contributed by atoms with Gasteiger partial charge < -0.3 is 9.42 Å². The van der Waals surface area contributed by atoms with Crippen LogP contribution in [-0.4, -0.2) is 44.1 Å². The minimum absolute atomic E-state index is 0.327. The summed E-state index contributed by atoms with van der Waals surface area (Å²) in [7, 11) is -3.52. The summed E-state index contributed by atoms with van der Waals surface area (Å²) in [6.07, 6.45) is 0.774. The highest BCUT2D eigenvalue weighted by molar-refractivity contribution is 7.91. The Balaban J connectivity index is 1.47. The first-order valence-electron chi connectivity index (χ1n) is 9.02. The average molecular weight is 438 g/mol. The van der Waals surface area contributed by atoms with E-state index < -0.39 is 10.0 Å². The minimum Gasteiger partial charge on any atom is -0.369 e. The van der Waals surface area contributed by atoms with Crippen LogP contribution in [0, 0.1) is 0 Å². The minimum atomic E-state index is -3.52. The van der Waals surface area contributed by atoms with Gasteiger partial charge in [0.05, 0.1) is 5.69 Å². The predicted molar refractivity (Wildman–Crippen MR) is 112 cm³/mol. The number of benzene rings is 1. The van der Waals surface area contributed by atoms with Crippen molar-refractivity contribution in [2.45, 2.75) is 17.6 Å². The Hall–Kier alpha value is -1.87. The number of sulfonamides is 1. The number of nitrogens with zero attached hydrogens (tertiary/aromatic N) is 3. The lowest BCUT2D eigenvalue weighted by atomic mass is 10.2. The molecule has 1 fully saturated rings. The number of thiophene rings is 1.